The fourth-order valence-corrected chi connectivity index (χ4v) is 3.60. The van der Waals surface area contributed by atoms with E-state index in [1.54, 1.807) is 36.4 Å². The lowest BCUT2D eigenvalue weighted by Crippen LogP contribution is -2.35. The summed E-state index contributed by atoms with van der Waals surface area (Å²) in [6, 6.07) is 14.1. The molecule has 0 aliphatic carbocycles. The van der Waals surface area contributed by atoms with Crippen molar-refractivity contribution >= 4 is 22.6 Å². The van der Waals surface area contributed by atoms with Gasteiger partial charge in [0, 0.05) is 30.6 Å². The van der Waals surface area contributed by atoms with Crippen molar-refractivity contribution in [1.82, 2.24) is 20.4 Å². The van der Waals surface area contributed by atoms with Crippen LogP contribution in [-0.2, 0) is 6.54 Å². The zero-order chi connectivity index (χ0) is 20.2. The molecule has 0 bridgehead atoms. The highest BCUT2D eigenvalue weighted by molar-refractivity contribution is 6.04. The van der Waals surface area contributed by atoms with Crippen molar-refractivity contribution in [3.63, 3.8) is 0 Å². The molecule has 1 aliphatic heterocycles. The molecule has 7 heteroatoms. The number of amides is 2. The highest BCUT2D eigenvalue weighted by atomic mass is 16.2. The minimum Gasteiger partial charge on any atom is -0.347 e. The summed E-state index contributed by atoms with van der Waals surface area (Å²) < 4.78 is 0. The Labute approximate surface area is 167 Å². The highest BCUT2D eigenvalue weighted by Crippen LogP contribution is 2.15. The Morgan fingerprint density at radius 3 is 2.38 bits per heavy atom. The van der Waals surface area contributed by atoms with Crippen LogP contribution in [0.2, 0.25) is 0 Å². The smallest absolute Gasteiger partial charge is 0.272 e. The summed E-state index contributed by atoms with van der Waals surface area (Å²) in [5, 5.41) is 10.0. The number of nitrogens with zero attached hydrogens (tertiary/aromatic N) is 2. The van der Waals surface area contributed by atoms with Gasteiger partial charge in [0.25, 0.3) is 17.4 Å². The molecule has 2 amide bonds. The van der Waals surface area contributed by atoms with Crippen molar-refractivity contribution in [2.45, 2.75) is 25.8 Å². The van der Waals surface area contributed by atoms with Gasteiger partial charge in [0.05, 0.1) is 5.39 Å². The first-order chi connectivity index (χ1) is 14.1. The summed E-state index contributed by atoms with van der Waals surface area (Å²) in [6.07, 6.45) is 3.30. The van der Waals surface area contributed by atoms with E-state index in [-0.39, 0.29) is 23.1 Å². The van der Waals surface area contributed by atoms with Gasteiger partial charge >= 0.3 is 0 Å². The molecule has 2 aromatic carbocycles. The average molecular weight is 390 g/mol. The summed E-state index contributed by atoms with van der Waals surface area (Å²) in [5.74, 6) is -0.310. The van der Waals surface area contributed by atoms with Crippen molar-refractivity contribution < 1.29 is 9.59 Å². The maximum absolute atomic E-state index is 12.6. The molecule has 0 saturated carbocycles. The van der Waals surface area contributed by atoms with Gasteiger partial charge in [-0.1, -0.05) is 30.3 Å². The minimum atomic E-state index is -0.370. The molecule has 3 aromatic rings. The highest BCUT2D eigenvalue weighted by Gasteiger charge is 2.18. The molecule has 0 atom stereocenters. The molecule has 0 unspecified atom stereocenters. The standard InChI is InChI=1S/C22H22N4O3/c27-20-18-7-3-2-6-17(18)19(24-25-20)21(28)23-14-15-8-10-16(11-9-15)22(29)26-12-4-1-5-13-26/h2-3,6-11H,1,4-5,12-14H2,(H,23,28)(H,25,27). The van der Waals surface area contributed by atoms with Crippen LogP contribution >= 0.6 is 0 Å². The fourth-order valence-electron chi connectivity index (χ4n) is 3.60. The van der Waals surface area contributed by atoms with Crippen LogP contribution in [0.1, 0.15) is 45.7 Å². The number of aromatic amines is 1. The van der Waals surface area contributed by atoms with E-state index in [2.05, 4.69) is 15.5 Å². The van der Waals surface area contributed by atoms with E-state index < -0.39 is 0 Å². The second-order valence-electron chi connectivity index (χ2n) is 7.18. The number of aromatic nitrogens is 2. The lowest BCUT2D eigenvalue weighted by atomic mass is 10.1. The topological polar surface area (TPSA) is 95.2 Å². The zero-order valence-corrected chi connectivity index (χ0v) is 16.0. The quantitative estimate of drug-likeness (QED) is 0.715. The Morgan fingerprint density at radius 1 is 0.966 bits per heavy atom. The lowest BCUT2D eigenvalue weighted by molar-refractivity contribution is 0.0724. The van der Waals surface area contributed by atoms with E-state index in [0.29, 0.717) is 22.9 Å². The molecular formula is C22H22N4O3. The van der Waals surface area contributed by atoms with Crippen LogP contribution in [0.15, 0.2) is 53.3 Å². The van der Waals surface area contributed by atoms with Gasteiger partial charge in [0.15, 0.2) is 5.69 Å². The van der Waals surface area contributed by atoms with E-state index in [1.165, 1.54) is 6.42 Å². The second kappa shape index (κ2) is 8.26. The van der Waals surface area contributed by atoms with Crippen LogP contribution in [0.3, 0.4) is 0 Å². The Kier molecular flexibility index (Phi) is 5.37. The number of H-pyrrole nitrogens is 1. The molecule has 148 valence electrons. The molecule has 2 N–H and O–H groups in total. The van der Waals surface area contributed by atoms with E-state index >= 15 is 0 Å². The van der Waals surface area contributed by atoms with E-state index in [1.807, 2.05) is 17.0 Å². The average Bonchev–Trinajstić information content (AvgIpc) is 2.78. The number of piperidine rings is 1. The van der Waals surface area contributed by atoms with Crippen LogP contribution in [0, 0.1) is 0 Å². The Morgan fingerprint density at radius 2 is 1.66 bits per heavy atom. The van der Waals surface area contributed by atoms with E-state index in [0.717, 1.165) is 31.5 Å². The number of benzene rings is 2. The predicted molar refractivity (Wildman–Crippen MR) is 110 cm³/mol. The third-order valence-electron chi connectivity index (χ3n) is 5.21. The zero-order valence-electron chi connectivity index (χ0n) is 16.0. The lowest BCUT2D eigenvalue weighted by Gasteiger charge is -2.26. The molecule has 0 radical (unpaired) electrons. The maximum Gasteiger partial charge on any atom is 0.272 e. The molecule has 1 fully saturated rings. The Balaban J connectivity index is 1.43. The van der Waals surface area contributed by atoms with Crippen molar-refractivity contribution in [2.75, 3.05) is 13.1 Å². The van der Waals surface area contributed by atoms with Gasteiger partial charge in [0.2, 0.25) is 0 Å². The fraction of sp³-hybridized carbons (Fsp3) is 0.273. The van der Waals surface area contributed by atoms with Crippen LogP contribution < -0.4 is 10.9 Å². The number of hydrogen-bond acceptors (Lipinski definition) is 4. The maximum atomic E-state index is 12.6. The summed E-state index contributed by atoms with van der Waals surface area (Å²) in [5.41, 5.74) is 1.39. The molecule has 1 aliphatic rings. The number of nitrogens with one attached hydrogen (secondary N) is 2. The number of rotatable bonds is 4. The normalized spacial score (nSPS) is 14.0. The van der Waals surface area contributed by atoms with Crippen LogP contribution in [0.25, 0.3) is 10.8 Å². The summed E-state index contributed by atoms with van der Waals surface area (Å²) in [6.45, 7) is 1.93. The van der Waals surface area contributed by atoms with Gasteiger partial charge in [-0.25, -0.2) is 5.10 Å². The van der Waals surface area contributed by atoms with Gasteiger partial charge in [-0.15, -0.1) is 0 Å². The largest absolute Gasteiger partial charge is 0.347 e. The first-order valence-corrected chi connectivity index (χ1v) is 9.77. The first-order valence-electron chi connectivity index (χ1n) is 9.77. The molecule has 1 aromatic heterocycles. The Bertz CT molecular complexity index is 1100. The second-order valence-corrected chi connectivity index (χ2v) is 7.18. The summed E-state index contributed by atoms with van der Waals surface area (Å²) in [4.78, 5) is 38.9. The molecule has 2 heterocycles. The third kappa shape index (κ3) is 4.03. The van der Waals surface area contributed by atoms with Gasteiger partial charge in [-0.05, 0) is 43.0 Å². The minimum absolute atomic E-state index is 0.0594. The van der Waals surface area contributed by atoms with Gasteiger partial charge in [0.1, 0.15) is 0 Å². The molecule has 29 heavy (non-hydrogen) atoms. The van der Waals surface area contributed by atoms with Crippen molar-refractivity contribution in [3.8, 4) is 0 Å². The summed E-state index contributed by atoms with van der Waals surface area (Å²) >= 11 is 0. The first kappa shape index (κ1) is 18.9. The number of likely N-dealkylation sites (tertiary alicyclic amines) is 1. The number of carbonyl (C=O) groups is 2. The molecule has 4 rings (SSSR count). The van der Waals surface area contributed by atoms with Gasteiger partial charge < -0.3 is 10.2 Å². The molecular weight excluding hydrogens is 368 g/mol. The van der Waals surface area contributed by atoms with Crippen molar-refractivity contribution in [1.29, 1.82) is 0 Å². The van der Waals surface area contributed by atoms with Crippen LogP contribution in [0.5, 0.6) is 0 Å². The SMILES string of the molecule is O=C(NCc1ccc(C(=O)N2CCCCC2)cc1)c1n[nH]c(=O)c2ccccc12. The number of carbonyl (C=O) groups excluding carboxylic acids is 2. The van der Waals surface area contributed by atoms with Crippen molar-refractivity contribution in [2.24, 2.45) is 0 Å². The molecule has 0 spiro atoms. The summed E-state index contributed by atoms with van der Waals surface area (Å²) in [7, 11) is 0. The molecule has 1 saturated heterocycles. The van der Waals surface area contributed by atoms with E-state index in [9.17, 15) is 14.4 Å². The number of fused-ring (bicyclic) bond motifs is 1. The van der Waals surface area contributed by atoms with Crippen LogP contribution in [0.4, 0.5) is 0 Å². The van der Waals surface area contributed by atoms with Gasteiger partial charge in [-0.2, -0.15) is 5.10 Å². The predicted octanol–water partition coefficient (Wildman–Crippen LogP) is 2.48. The third-order valence-corrected chi connectivity index (χ3v) is 5.21. The van der Waals surface area contributed by atoms with Crippen LogP contribution in [-0.4, -0.2) is 40.0 Å². The monoisotopic (exact) mass is 390 g/mol. The van der Waals surface area contributed by atoms with Crippen molar-refractivity contribution in [3.05, 3.63) is 75.7 Å². The van der Waals surface area contributed by atoms with Gasteiger partial charge in [-0.3, -0.25) is 14.4 Å². The number of hydrogen-bond donors (Lipinski definition) is 2. The molecule has 7 nitrogen and oxygen atoms in total. The van der Waals surface area contributed by atoms with E-state index in [4.69, 9.17) is 0 Å². The Hall–Kier alpha value is -3.48.